The van der Waals surface area contributed by atoms with Crippen molar-refractivity contribution in [1.29, 1.82) is 0 Å². The Hall–Kier alpha value is -5.51. The Bertz CT molecular complexity index is 2140. The molecule has 1 amide bonds. The van der Waals surface area contributed by atoms with E-state index in [2.05, 4.69) is 34.5 Å². The molecule has 0 radical (unpaired) electrons. The number of aryl methyl sites for hydroxylation is 2. The summed E-state index contributed by atoms with van der Waals surface area (Å²) in [6, 6.07) is 6.88. The van der Waals surface area contributed by atoms with E-state index in [9.17, 15) is 24.6 Å². The molecule has 0 unspecified atom stereocenters. The fourth-order valence-electron chi connectivity index (χ4n) is 6.53. The second kappa shape index (κ2) is 13.9. The number of aliphatic carboxylic acids is 2. The molecular weight excluding hydrogens is 618 g/mol. The van der Waals surface area contributed by atoms with E-state index in [-0.39, 0.29) is 31.1 Å². The molecular formula is C39H43N5O5. The van der Waals surface area contributed by atoms with Gasteiger partial charge in [0.15, 0.2) is 0 Å². The number of fused-ring (bicyclic) bond motifs is 8. The van der Waals surface area contributed by atoms with E-state index < -0.39 is 18.0 Å². The average molecular weight is 662 g/mol. The fourth-order valence-corrected chi connectivity index (χ4v) is 6.53. The summed E-state index contributed by atoms with van der Waals surface area (Å²) in [5.41, 5.74) is 13.4. The van der Waals surface area contributed by atoms with Gasteiger partial charge in [-0.2, -0.15) is 0 Å². The van der Waals surface area contributed by atoms with E-state index in [1.165, 1.54) is 0 Å². The van der Waals surface area contributed by atoms with E-state index in [4.69, 9.17) is 9.97 Å². The van der Waals surface area contributed by atoms with Crippen LogP contribution in [0.25, 0.3) is 56.5 Å². The SMILES string of the molecule is C=Cc1c(C)c2cc3[nH]c(cc4nc(cc5nc(cc1[nH]2)C(C)=C5CCC(=O)O)C(CCC(=O)N[C@H](C(=O)O)C(C)C)=C4C)c(C)c3C=C. The van der Waals surface area contributed by atoms with Gasteiger partial charge in [-0.15, -0.1) is 0 Å². The number of hydrogen-bond acceptors (Lipinski definition) is 5. The predicted molar refractivity (Wildman–Crippen MR) is 196 cm³/mol. The topological polar surface area (TPSA) is 161 Å². The molecule has 8 bridgehead atoms. The molecule has 5 heterocycles. The van der Waals surface area contributed by atoms with Gasteiger partial charge in [-0.05, 0) is 104 Å². The molecule has 10 heteroatoms. The highest BCUT2D eigenvalue weighted by Gasteiger charge is 2.26. The third-order valence-electron chi connectivity index (χ3n) is 9.48. The van der Waals surface area contributed by atoms with Crippen LogP contribution in [0.5, 0.6) is 0 Å². The van der Waals surface area contributed by atoms with Crippen molar-refractivity contribution in [3.05, 3.63) is 82.5 Å². The molecule has 0 fully saturated rings. The van der Waals surface area contributed by atoms with E-state index in [0.717, 1.165) is 66.6 Å². The highest BCUT2D eigenvalue weighted by Crippen LogP contribution is 2.38. The summed E-state index contributed by atoms with van der Waals surface area (Å²) in [6.45, 7) is 19.6. The number of hydrogen-bond donors (Lipinski definition) is 5. The zero-order valence-electron chi connectivity index (χ0n) is 28.9. The molecule has 254 valence electrons. The lowest BCUT2D eigenvalue weighted by Crippen LogP contribution is -2.44. The van der Waals surface area contributed by atoms with E-state index >= 15 is 0 Å². The highest BCUT2D eigenvalue weighted by molar-refractivity contribution is 5.97. The van der Waals surface area contributed by atoms with Gasteiger partial charge in [0, 0.05) is 46.0 Å². The minimum atomic E-state index is -1.08. The maximum Gasteiger partial charge on any atom is 0.326 e. The predicted octanol–water partition coefficient (Wildman–Crippen LogP) is 7.95. The van der Waals surface area contributed by atoms with Crippen molar-refractivity contribution in [2.24, 2.45) is 5.92 Å². The summed E-state index contributed by atoms with van der Waals surface area (Å²) in [5.74, 6) is -2.63. The quantitative estimate of drug-likeness (QED) is 0.139. The molecule has 0 saturated heterocycles. The maximum atomic E-state index is 13.0. The third-order valence-corrected chi connectivity index (χ3v) is 9.48. The number of carbonyl (C=O) groups is 3. The molecule has 1 atom stereocenters. The third kappa shape index (κ3) is 6.90. The van der Waals surface area contributed by atoms with Gasteiger partial charge in [0.1, 0.15) is 6.04 Å². The van der Waals surface area contributed by atoms with Crippen molar-refractivity contribution in [3.8, 4) is 0 Å². The monoisotopic (exact) mass is 661 g/mol. The van der Waals surface area contributed by atoms with Crippen LogP contribution < -0.4 is 5.32 Å². The van der Waals surface area contributed by atoms with Crippen LogP contribution in [0.2, 0.25) is 0 Å². The lowest BCUT2D eigenvalue weighted by atomic mass is 9.98. The highest BCUT2D eigenvalue weighted by atomic mass is 16.4. The first-order chi connectivity index (χ1) is 23.2. The van der Waals surface area contributed by atoms with Gasteiger partial charge in [0.05, 0.1) is 22.8 Å². The molecule has 3 aromatic heterocycles. The molecule has 3 aromatic rings. The number of aromatic nitrogens is 4. The Morgan fingerprint density at radius 1 is 0.735 bits per heavy atom. The molecule has 10 nitrogen and oxygen atoms in total. The first-order valence-electron chi connectivity index (χ1n) is 16.4. The Labute approximate surface area is 285 Å². The Balaban J connectivity index is 1.78. The standard InChI is InChI=1S/C39H43N5O5/c1-9-24-20(5)28-15-29-22(7)26(11-13-36(45)44-38(19(3)4)39(48)49)34(42-29)18-35-27(12-14-37(46)47)23(8)31(43-35)17-33-25(10-2)21(6)30(41-33)16-32(24)40-28/h9-10,15-19,38,40-41H,1-2,11-14H2,3-8H3,(H,44,45)(H,46,47)(H,48,49)/t38-/m0/s1. The minimum absolute atomic E-state index is 0.0571. The largest absolute Gasteiger partial charge is 0.481 e. The van der Waals surface area contributed by atoms with Crippen LogP contribution in [-0.4, -0.2) is 54.0 Å². The Kier molecular flexibility index (Phi) is 9.89. The molecule has 2 aliphatic rings. The number of allylic oxidation sites excluding steroid dienone is 4. The number of carbonyl (C=O) groups excluding carboxylic acids is 1. The number of rotatable bonds is 11. The number of H-pyrrole nitrogens is 2. The number of nitrogens with zero attached hydrogens (tertiary/aromatic N) is 2. The van der Waals surface area contributed by atoms with Crippen LogP contribution in [0, 0.1) is 19.8 Å². The number of carboxylic acids is 2. The Morgan fingerprint density at radius 2 is 1.20 bits per heavy atom. The number of aromatic amines is 2. The summed E-state index contributed by atoms with van der Waals surface area (Å²) >= 11 is 0. The second-order valence-electron chi connectivity index (χ2n) is 13.0. The lowest BCUT2D eigenvalue weighted by Gasteiger charge is -2.18. The first kappa shape index (κ1) is 34.8. The van der Waals surface area contributed by atoms with Gasteiger partial charge in [-0.25, -0.2) is 14.8 Å². The summed E-state index contributed by atoms with van der Waals surface area (Å²) in [4.78, 5) is 53.5. The molecule has 2 aliphatic heterocycles. The molecule has 49 heavy (non-hydrogen) atoms. The smallest absolute Gasteiger partial charge is 0.326 e. The Morgan fingerprint density at radius 3 is 1.67 bits per heavy atom. The van der Waals surface area contributed by atoms with Crippen LogP contribution in [0.3, 0.4) is 0 Å². The van der Waals surface area contributed by atoms with Gasteiger partial charge >= 0.3 is 11.9 Å². The zero-order valence-corrected chi connectivity index (χ0v) is 28.9. The van der Waals surface area contributed by atoms with Crippen molar-refractivity contribution in [1.82, 2.24) is 25.3 Å². The van der Waals surface area contributed by atoms with Crippen molar-refractivity contribution in [3.63, 3.8) is 0 Å². The van der Waals surface area contributed by atoms with E-state index in [1.54, 1.807) is 13.8 Å². The van der Waals surface area contributed by atoms with Gasteiger partial charge < -0.3 is 25.5 Å². The number of carboxylic acid groups (broad SMARTS) is 2. The van der Waals surface area contributed by atoms with Gasteiger partial charge in [-0.3, -0.25) is 9.59 Å². The summed E-state index contributed by atoms with van der Waals surface area (Å²) in [5, 5.41) is 21.8. The van der Waals surface area contributed by atoms with Crippen LogP contribution in [0.1, 0.15) is 98.4 Å². The van der Waals surface area contributed by atoms with Gasteiger partial charge in [0.2, 0.25) is 5.91 Å². The first-order valence-corrected chi connectivity index (χ1v) is 16.4. The van der Waals surface area contributed by atoms with Crippen LogP contribution >= 0.6 is 0 Å². The lowest BCUT2D eigenvalue weighted by molar-refractivity contribution is -0.143. The summed E-state index contributed by atoms with van der Waals surface area (Å²) in [6.07, 6.45) is 4.23. The number of amides is 1. The molecule has 5 rings (SSSR count). The van der Waals surface area contributed by atoms with Crippen molar-refractivity contribution >= 4 is 74.4 Å². The molecule has 5 N–H and O–H groups in total. The molecule has 0 aromatic carbocycles. The minimum Gasteiger partial charge on any atom is -0.481 e. The average Bonchev–Trinajstić information content (AvgIpc) is 3.70. The molecule has 0 aliphatic carbocycles. The molecule has 0 saturated carbocycles. The van der Waals surface area contributed by atoms with Crippen LogP contribution in [0.4, 0.5) is 0 Å². The van der Waals surface area contributed by atoms with Crippen LogP contribution in [-0.2, 0) is 14.4 Å². The van der Waals surface area contributed by atoms with Gasteiger partial charge in [0.25, 0.3) is 0 Å². The van der Waals surface area contributed by atoms with E-state index in [1.807, 2.05) is 58.0 Å². The number of nitrogens with one attached hydrogen (secondary N) is 3. The fraction of sp³-hybridized carbons (Fsp3) is 0.308. The van der Waals surface area contributed by atoms with Crippen molar-refractivity contribution in [2.75, 3.05) is 0 Å². The van der Waals surface area contributed by atoms with Crippen LogP contribution in [0.15, 0.2) is 37.4 Å². The normalized spacial score (nSPS) is 13.5. The van der Waals surface area contributed by atoms with Crippen molar-refractivity contribution < 1.29 is 24.6 Å². The van der Waals surface area contributed by atoms with Crippen molar-refractivity contribution in [2.45, 2.75) is 73.3 Å². The maximum absolute atomic E-state index is 13.0. The summed E-state index contributed by atoms with van der Waals surface area (Å²) in [7, 11) is 0. The zero-order chi connectivity index (χ0) is 35.7. The summed E-state index contributed by atoms with van der Waals surface area (Å²) < 4.78 is 0. The van der Waals surface area contributed by atoms with E-state index in [0.29, 0.717) is 29.2 Å². The second-order valence-corrected chi connectivity index (χ2v) is 13.0. The molecule has 0 spiro atoms. The van der Waals surface area contributed by atoms with Gasteiger partial charge in [-0.1, -0.05) is 39.2 Å².